The van der Waals surface area contributed by atoms with Crippen molar-refractivity contribution in [1.82, 2.24) is 0 Å². The fraction of sp³-hybridized carbons (Fsp3) is 0. The summed E-state index contributed by atoms with van der Waals surface area (Å²) in [5.41, 5.74) is 8.64. The summed E-state index contributed by atoms with van der Waals surface area (Å²) < 4.78 is 4.91. The molecule has 0 spiro atoms. The van der Waals surface area contributed by atoms with E-state index in [0.29, 0.717) is 11.3 Å². The number of fused-ring (bicyclic) bond motifs is 1. The van der Waals surface area contributed by atoms with Crippen LogP contribution in [0.25, 0.3) is 21.4 Å². The molecule has 0 radical (unpaired) electrons. The van der Waals surface area contributed by atoms with Crippen molar-refractivity contribution in [3.63, 3.8) is 0 Å². The van der Waals surface area contributed by atoms with Crippen molar-refractivity contribution >= 4 is 16.7 Å². The van der Waals surface area contributed by atoms with Crippen LogP contribution in [0, 0.1) is 0 Å². The van der Waals surface area contributed by atoms with E-state index < -0.39 is 5.63 Å². The Labute approximate surface area is 78.2 Å². The van der Waals surface area contributed by atoms with Gasteiger partial charge in [0.25, 0.3) is 0 Å². The second-order valence-electron chi connectivity index (χ2n) is 2.67. The third kappa shape index (κ3) is 1.44. The highest BCUT2D eigenvalue weighted by Gasteiger charge is 1.97. The number of benzene rings is 1. The lowest BCUT2D eigenvalue weighted by molar-refractivity contribution is 0.561. The molecule has 2 rings (SSSR count). The number of hydrogen-bond acceptors (Lipinski definition) is 3. The average molecular weight is 187 g/mol. The fourth-order valence-corrected chi connectivity index (χ4v) is 1.16. The number of nitrogens with zero attached hydrogens (tertiary/aromatic N) is 3. The van der Waals surface area contributed by atoms with E-state index >= 15 is 0 Å². The summed E-state index contributed by atoms with van der Waals surface area (Å²) in [5.74, 6) is 0. The molecule has 0 amide bonds. The molecule has 0 aliphatic heterocycles. The van der Waals surface area contributed by atoms with Crippen molar-refractivity contribution in [2.75, 3.05) is 0 Å². The minimum Gasteiger partial charge on any atom is -0.423 e. The standard InChI is InChI=1S/C9H5N3O2/c10-12-11-7-3-1-6-2-4-9(13)14-8(6)5-7/h1-5H. The van der Waals surface area contributed by atoms with Crippen molar-refractivity contribution in [3.05, 3.63) is 51.2 Å². The zero-order valence-electron chi connectivity index (χ0n) is 7.04. The van der Waals surface area contributed by atoms with Crippen LogP contribution in [0.4, 0.5) is 5.69 Å². The molecule has 0 fully saturated rings. The van der Waals surface area contributed by atoms with Gasteiger partial charge in [-0.3, -0.25) is 0 Å². The van der Waals surface area contributed by atoms with E-state index in [9.17, 15) is 4.79 Å². The Balaban J connectivity index is 2.75. The van der Waals surface area contributed by atoms with E-state index in [2.05, 4.69) is 10.0 Å². The minimum absolute atomic E-state index is 0.419. The minimum atomic E-state index is -0.421. The summed E-state index contributed by atoms with van der Waals surface area (Å²) in [7, 11) is 0. The molecule has 0 saturated carbocycles. The number of azide groups is 1. The third-order valence-electron chi connectivity index (χ3n) is 1.77. The molecular weight excluding hydrogens is 182 g/mol. The first-order chi connectivity index (χ1) is 6.79. The Kier molecular flexibility index (Phi) is 1.93. The summed E-state index contributed by atoms with van der Waals surface area (Å²) in [5, 5.41) is 4.20. The van der Waals surface area contributed by atoms with Crippen molar-refractivity contribution in [2.24, 2.45) is 5.11 Å². The molecule has 1 aromatic carbocycles. The van der Waals surface area contributed by atoms with E-state index in [-0.39, 0.29) is 0 Å². The van der Waals surface area contributed by atoms with E-state index in [1.54, 1.807) is 18.2 Å². The topological polar surface area (TPSA) is 79.0 Å². The zero-order valence-corrected chi connectivity index (χ0v) is 7.04. The zero-order chi connectivity index (χ0) is 9.97. The van der Waals surface area contributed by atoms with Crippen LogP contribution in [0.1, 0.15) is 0 Å². The van der Waals surface area contributed by atoms with Gasteiger partial charge in [-0.05, 0) is 17.7 Å². The molecule has 1 aromatic heterocycles. The molecule has 0 atom stereocenters. The van der Waals surface area contributed by atoms with Gasteiger partial charge in [-0.25, -0.2) is 4.79 Å². The van der Waals surface area contributed by atoms with Crippen molar-refractivity contribution in [2.45, 2.75) is 0 Å². The van der Waals surface area contributed by atoms with Gasteiger partial charge in [0.2, 0.25) is 0 Å². The van der Waals surface area contributed by atoms with E-state index in [1.807, 2.05) is 0 Å². The molecule has 0 aliphatic rings. The smallest absolute Gasteiger partial charge is 0.336 e. The van der Waals surface area contributed by atoms with Gasteiger partial charge in [0.15, 0.2) is 0 Å². The molecule has 0 N–H and O–H groups in total. The molecule has 1 heterocycles. The number of hydrogen-bond donors (Lipinski definition) is 0. The van der Waals surface area contributed by atoms with Gasteiger partial charge in [0.05, 0.1) is 0 Å². The van der Waals surface area contributed by atoms with Crippen LogP contribution < -0.4 is 5.63 Å². The number of rotatable bonds is 1. The normalized spacial score (nSPS) is 9.71. The summed E-state index contributed by atoms with van der Waals surface area (Å²) in [4.78, 5) is 13.5. The summed E-state index contributed by atoms with van der Waals surface area (Å²) in [6, 6.07) is 7.90. The Morgan fingerprint density at radius 1 is 1.29 bits per heavy atom. The SMILES string of the molecule is [N-]=[N+]=Nc1ccc2ccc(=O)oc2c1. The molecular formula is C9H5N3O2. The van der Waals surface area contributed by atoms with Crippen molar-refractivity contribution in [3.8, 4) is 0 Å². The maximum Gasteiger partial charge on any atom is 0.336 e. The molecule has 0 saturated heterocycles. The fourth-order valence-electron chi connectivity index (χ4n) is 1.16. The van der Waals surface area contributed by atoms with E-state index in [4.69, 9.17) is 9.95 Å². The lowest BCUT2D eigenvalue weighted by atomic mass is 10.2. The summed E-state index contributed by atoms with van der Waals surface area (Å²) in [6.45, 7) is 0. The van der Waals surface area contributed by atoms with Crippen LogP contribution in [-0.4, -0.2) is 0 Å². The second kappa shape index (κ2) is 3.24. The first-order valence-corrected chi connectivity index (χ1v) is 3.88. The summed E-state index contributed by atoms with van der Waals surface area (Å²) in [6.07, 6.45) is 0. The third-order valence-corrected chi connectivity index (χ3v) is 1.77. The predicted molar refractivity (Wildman–Crippen MR) is 51.3 cm³/mol. The highest BCUT2D eigenvalue weighted by molar-refractivity contribution is 5.79. The Hall–Kier alpha value is -2.26. The molecule has 5 heteroatoms. The maximum absolute atomic E-state index is 10.9. The van der Waals surface area contributed by atoms with E-state index in [0.717, 1.165) is 5.39 Å². The van der Waals surface area contributed by atoms with Crippen LogP contribution in [-0.2, 0) is 0 Å². The van der Waals surface area contributed by atoms with E-state index in [1.165, 1.54) is 12.1 Å². The van der Waals surface area contributed by atoms with Gasteiger partial charge in [-0.15, -0.1) is 0 Å². The molecule has 5 nitrogen and oxygen atoms in total. The van der Waals surface area contributed by atoms with Crippen molar-refractivity contribution in [1.29, 1.82) is 0 Å². The first kappa shape index (κ1) is 8.34. The molecule has 0 bridgehead atoms. The van der Waals surface area contributed by atoms with Gasteiger partial charge in [-0.1, -0.05) is 17.2 Å². The van der Waals surface area contributed by atoms with Gasteiger partial charge < -0.3 is 4.42 Å². The molecule has 0 unspecified atom stereocenters. The quantitative estimate of drug-likeness (QED) is 0.297. The first-order valence-electron chi connectivity index (χ1n) is 3.88. The highest BCUT2D eigenvalue weighted by atomic mass is 16.4. The van der Waals surface area contributed by atoms with Gasteiger partial charge in [0, 0.05) is 22.1 Å². The maximum atomic E-state index is 10.9. The Morgan fingerprint density at radius 3 is 2.86 bits per heavy atom. The predicted octanol–water partition coefficient (Wildman–Crippen LogP) is 2.73. The molecule has 68 valence electrons. The second-order valence-corrected chi connectivity index (χ2v) is 2.67. The monoisotopic (exact) mass is 187 g/mol. The highest BCUT2D eigenvalue weighted by Crippen LogP contribution is 2.19. The van der Waals surface area contributed by atoms with Crippen LogP contribution in [0.2, 0.25) is 0 Å². The molecule has 0 aliphatic carbocycles. The largest absolute Gasteiger partial charge is 0.423 e. The van der Waals surface area contributed by atoms with Crippen molar-refractivity contribution < 1.29 is 4.42 Å². The Morgan fingerprint density at radius 2 is 2.07 bits per heavy atom. The molecule has 2 aromatic rings. The lowest BCUT2D eigenvalue weighted by Crippen LogP contribution is -1.93. The lowest BCUT2D eigenvalue weighted by Gasteiger charge is -1.95. The Bertz CT molecular complexity index is 582. The average Bonchev–Trinajstić information content (AvgIpc) is 2.17. The van der Waals surface area contributed by atoms with Crippen LogP contribution in [0.5, 0.6) is 0 Å². The van der Waals surface area contributed by atoms with Gasteiger partial charge in [-0.2, -0.15) is 0 Å². The van der Waals surface area contributed by atoms with Gasteiger partial charge >= 0.3 is 5.63 Å². The van der Waals surface area contributed by atoms with Crippen LogP contribution >= 0.6 is 0 Å². The van der Waals surface area contributed by atoms with Gasteiger partial charge in [0.1, 0.15) is 5.58 Å². The molecule has 14 heavy (non-hydrogen) atoms. The van der Waals surface area contributed by atoms with Crippen LogP contribution in [0.3, 0.4) is 0 Å². The summed E-state index contributed by atoms with van der Waals surface area (Å²) >= 11 is 0. The van der Waals surface area contributed by atoms with Crippen LogP contribution in [0.15, 0.2) is 44.7 Å².